The maximum absolute atomic E-state index is 10.8. The van der Waals surface area contributed by atoms with Crippen molar-refractivity contribution in [3.05, 3.63) is 29.8 Å². The molecule has 1 rings (SSSR count). The second-order valence-corrected chi connectivity index (χ2v) is 4.32. The lowest BCUT2D eigenvalue weighted by molar-refractivity contribution is -0.136. The molecule has 0 aliphatic carbocycles. The Morgan fingerprint density at radius 1 is 1.29 bits per heavy atom. The van der Waals surface area contributed by atoms with Crippen LogP contribution in [0.15, 0.2) is 29.2 Å². The van der Waals surface area contributed by atoms with Gasteiger partial charge in [-0.15, -0.1) is 0 Å². The number of hydrogen-bond donors (Lipinski definition) is 2. The van der Waals surface area contributed by atoms with Crippen molar-refractivity contribution in [2.24, 2.45) is 5.14 Å². The summed E-state index contributed by atoms with van der Waals surface area (Å²) in [4.78, 5) is 10.3. The van der Waals surface area contributed by atoms with Crippen molar-refractivity contribution in [2.75, 3.05) is 0 Å². The van der Waals surface area contributed by atoms with Gasteiger partial charge < -0.3 is 5.11 Å². The van der Waals surface area contributed by atoms with E-state index >= 15 is 0 Å². The molecule has 0 unspecified atom stereocenters. The lowest BCUT2D eigenvalue weighted by Gasteiger charge is -1.99. The van der Waals surface area contributed by atoms with Crippen LogP contribution in [-0.4, -0.2) is 19.5 Å². The van der Waals surface area contributed by atoms with Gasteiger partial charge >= 0.3 is 5.97 Å². The zero-order valence-corrected chi connectivity index (χ0v) is 7.99. The number of carboxylic acid groups (broad SMARTS) is 1. The van der Waals surface area contributed by atoms with Gasteiger partial charge in [0, 0.05) is 0 Å². The van der Waals surface area contributed by atoms with Crippen LogP contribution in [0.2, 0.25) is 0 Å². The van der Waals surface area contributed by atoms with E-state index in [1.54, 1.807) is 0 Å². The van der Waals surface area contributed by atoms with E-state index in [9.17, 15) is 13.2 Å². The number of nitrogens with two attached hydrogens (primary N) is 1. The topological polar surface area (TPSA) is 97.5 Å². The van der Waals surface area contributed by atoms with Gasteiger partial charge in [-0.2, -0.15) is 0 Å². The van der Waals surface area contributed by atoms with Gasteiger partial charge in [0.2, 0.25) is 10.0 Å². The molecule has 5 nitrogen and oxygen atoms in total. The molecule has 0 amide bonds. The monoisotopic (exact) mass is 215 g/mol. The van der Waals surface area contributed by atoms with Crippen LogP contribution in [0.4, 0.5) is 0 Å². The first-order valence-corrected chi connectivity index (χ1v) is 5.28. The molecule has 0 saturated heterocycles. The van der Waals surface area contributed by atoms with Gasteiger partial charge in [-0.1, -0.05) is 12.1 Å². The first-order chi connectivity index (χ1) is 6.39. The summed E-state index contributed by atoms with van der Waals surface area (Å²) in [6, 6.07) is 5.42. The fourth-order valence-electron chi connectivity index (χ4n) is 0.972. The van der Waals surface area contributed by atoms with Crippen LogP contribution in [0.5, 0.6) is 0 Å². The third kappa shape index (κ3) is 2.82. The van der Waals surface area contributed by atoms with E-state index in [4.69, 9.17) is 10.2 Å². The number of hydrogen-bond acceptors (Lipinski definition) is 3. The number of primary sulfonamides is 1. The smallest absolute Gasteiger partial charge is 0.307 e. The number of sulfonamides is 1. The Morgan fingerprint density at radius 2 is 1.79 bits per heavy atom. The molecule has 0 aliphatic heterocycles. The van der Waals surface area contributed by atoms with E-state index in [2.05, 4.69) is 0 Å². The second kappa shape index (κ2) is 3.77. The number of aliphatic carboxylic acids is 1. The molecule has 1 aromatic rings. The molecular formula is C8H9NO4S. The lowest BCUT2D eigenvalue weighted by atomic mass is 10.2. The third-order valence-corrected chi connectivity index (χ3v) is 2.54. The van der Waals surface area contributed by atoms with Gasteiger partial charge in [-0.3, -0.25) is 4.79 Å². The first-order valence-electron chi connectivity index (χ1n) is 3.73. The van der Waals surface area contributed by atoms with E-state index < -0.39 is 16.0 Å². The standard InChI is InChI=1S/C8H9NO4S/c9-14(12,13)7-3-1-6(2-4-7)5-8(10)11/h1-4H,5H2,(H,10,11)(H2,9,12,13). The number of benzene rings is 1. The number of rotatable bonds is 3. The SMILES string of the molecule is NS(=O)(=O)c1ccc(CC(=O)O)cc1. The van der Waals surface area contributed by atoms with Crippen molar-refractivity contribution < 1.29 is 18.3 Å². The largest absolute Gasteiger partial charge is 0.481 e. The predicted octanol–water partition coefficient (Wildman–Crippen LogP) is -0.0389. The highest BCUT2D eigenvalue weighted by Gasteiger charge is 2.07. The lowest BCUT2D eigenvalue weighted by Crippen LogP contribution is -2.12. The second-order valence-electron chi connectivity index (χ2n) is 2.76. The fraction of sp³-hybridized carbons (Fsp3) is 0.125. The predicted molar refractivity (Wildman–Crippen MR) is 49.2 cm³/mol. The molecule has 3 N–H and O–H groups in total. The summed E-state index contributed by atoms with van der Waals surface area (Å²) in [6.45, 7) is 0. The maximum Gasteiger partial charge on any atom is 0.307 e. The molecule has 0 saturated carbocycles. The summed E-state index contributed by atoms with van der Waals surface area (Å²) >= 11 is 0. The van der Waals surface area contributed by atoms with E-state index in [1.807, 2.05) is 0 Å². The van der Waals surface area contributed by atoms with Crippen LogP contribution in [-0.2, 0) is 21.2 Å². The van der Waals surface area contributed by atoms with Crippen LogP contribution in [0.1, 0.15) is 5.56 Å². The van der Waals surface area contributed by atoms with Gasteiger partial charge in [0.15, 0.2) is 0 Å². The molecule has 14 heavy (non-hydrogen) atoms. The molecule has 0 atom stereocenters. The third-order valence-electron chi connectivity index (χ3n) is 1.61. The van der Waals surface area contributed by atoms with Crippen LogP contribution in [0.25, 0.3) is 0 Å². The highest BCUT2D eigenvalue weighted by atomic mass is 32.2. The van der Waals surface area contributed by atoms with Gasteiger partial charge in [0.1, 0.15) is 0 Å². The molecule has 0 aromatic heterocycles. The summed E-state index contributed by atoms with van der Waals surface area (Å²) in [7, 11) is -3.70. The van der Waals surface area contributed by atoms with Crippen LogP contribution >= 0.6 is 0 Å². The van der Waals surface area contributed by atoms with Gasteiger partial charge in [-0.05, 0) is 17.7 Å². The quantitative estimate of drug-likeness (QED) is 0.739. The van der Waals surface area contributed by atoms with Crippen molar-refractivity contribution in [1.29, 1.82) is 0 Å². The molecule has 6 heteroatoms. The van der Waals surface area contributed by atoms with E-state index in [0.29, 0.717) is 5.56 Å². The molecule has 0 fully saturated rings. The molecule has 76 valence electrons. The normalized spacial score (nSPS) is 11.2. The fourth-order valence-corrected chi connectivity index (χ4v) is 1.49. The van der Waals surface area contributed by atoms with Crippen LogP contribution < -0.4 is 5.14 Å². The van der Waals surface area contributed by atoms with Crippen LogP contribution in [0.3, 0.4) is 0 Å². The Hall–Kier alpha value is -1.40. The molecular weight excluding hydrogens is 206 g/mol. The molecule has 0 aliphatic rings. The summed E-state index contributed by atoms with van der Waals surface area (Å²) in [6.07, 6.45) is -0.134. The van der Waals surface area contributed by atoms with E-state index in [-0.39, 0.29) is 11.3 Å². The van der Waals surface area contributed by atoms with Gasteiger partial charge in [0.05, 0.1) is 11.3 Å². The Bertz CT molecular complexity index is 435. The highest BCUT2D eigenvalue weighted by Crippen LogP contribution is 2.08. The molecule has 0 spiro atoms. The Balaban J connectivity index is 2.95. The first kappa shape index (κ1) is 10.7. The maximum atomic E-state index is 10.8. The van der Waals surface area contributed by atoms with Crippen LogP contribution in [0, 0.1) is 0 Å². The van der Waals surface area contributed by atoms with Gasteiger partial charge in [-0.25, -0.2) is 13.6 Å². The summed E-state index contributed by atoms with van der Waals surface area (Å²) in [5.41, 5.74) is 0.532. The average Bonchev–Trinajstić information content (AvgIpc) is 2.02. The zero-order valence-electron chi connectivity index (χ0n) is 7.17. The Labute approximate surface area is 81.2 Å². The van der Waals surface area contributed by atoms with E-state index in [0.717, 1.165) is 0 Å². The van der Waals surface area contributed by atoms with Crippen molar-refractivity contribution >= 4 is 16.0 Å². The Kier molecular flexibility index (Phi) is 2.87. The molecule has 0 bridgehead atoms. The molecule has 1 aromatic carbocycles. The average molecular weight is 215 g/mol. The Morgan fingerprint density at radius 3 is 2.14 bits per heavy atom. The molecule has 0 radical (unpaired) electrons. The highest BCUT2D eigenvalue weighted by molar-refractivity contribution is 7.89. The van der Waals surface area contributed by atoms with Gasteiger partial charge in [0.25, 0.3) is 0 Å². The summed E-state index contributed by atoms with van der Waals surface area (Å²) < 4.78 is 21.7. The van der Waals surface area contributed by atoms with Crippen molar-refractivity contribution in [2.45, 2.75) is 11.3 Å². The minimum Gasteiger partial charge on any atom is -0.481 e. The molecule has 0 heterocycles. The van der Waals surface area contributed by atoms with Crippen molar-refractivity contribution in [3.8, 4) is 0 Å². The van der Waals surface area contributed by atoms with Crippen molar-refractivity contribution in [3.63, 3.8) is 0 Å². The van der Waals surface area contributed by atoms with Crippen molar-refractivity contribution in [1.82, 2.24) is 0 Å². The zero-order chi connectivity index (χ0) is 10.8. The minimum absolute atomic E-state index is 0.0216. The number of carbonyl (C=O) groups is 1. The minimum atomic E-state index is -3.70. The number of carboxylic acids is 1. The summed E-state index contributed by atoms with van der Waals surface area (Å²) in [5, 5.41) is 13.3. The van der Waals surface area contributed by atoms with E-state index in [1.165, 1.54) is 24.3 Å². The summed E-state index contributed by atoms with van der Waals surface area (Å²) in [5.74, 6) is -0.964.